The number of carbonyl (C=O) groups excluding carboxylic acids is 1. The number of benzene rings is 2. The molecule has 1 amide bonds. The molecule has 1 unspecified atom stereocenters. The second-order valence-electron chi connectivity index (χ2n) is 6.45. The predicted octanol–water partition coefficient (Wildman–Crippen LogP) is 4.80. The maximum atomic E-state index is 13.6. The third-order valence-electron chi connectivity index (χ3n) is 4.50. The van der Waals surface area contributed by atoms with Crippen LogP contribution in [0.15, 0.2) is 53.7 Å². The molecule has 1 aliphatic rings. The Morgan fingerprint density at radius 1 is 1.23 bits per heavy atom. The van der Waals surface area contributed by atoms with Crippen LogP contribution in [0.25, 0.3) is 0 Å². The summed E-state index contributed by atoms with van der Waals surface area (Å²) < 4.78 is 46.0. The zero-order valence-electron chi connectivity index (χ0n) is 15.9. The second-order valence-corrected chi connectivity index (χ2v) is 7.30. The van der Waals surface area contributed by atoms with E-state index in [1.807, 2.05) is 0 Å². The number of anilines is 1. The molecule has 30 heavy (non-hydrogen) atoms. The summed E-state index contributed by atoms with van der Waals surface area (Å²) in [5.41, 5.74) is -0.234. The SMILES string of the molecule is COc1cc(Cl)ccc1NC(=O)C1=C(C)NC(=S)NC1c1ccccc1C(F)(F)F. The molecule has 0 saturated heterocycles. The van der Waals surface area contributed by atoms with Crippen molar-refractivity contribution < 1.29 is 22.7 Å². The normalized spacial score (nSPS) is 16.6. The number of halogens is 4. The van der Waals surface area contributed by atoms with Crippen molar-refractivity contribution in [2.75, 3.05) is 12.4 Å². The third kappa shape index (κ3) is 4.52. The number of ether oxygens (including phenoxy) is 1. The van der Waals surface area contributed by atoms with Gasteiger partial charge in [-0.2, -0.15) is 13.2 Å². The summed E-state index contributed by atoms with van der Waals surface area (Å²) in [6, 6.07) is 8.57. The van der Waals surface area contributed by atoms with Crippen LogP contribution < -0.4 is 20.7 Å². The van der Waals surface area contributed by atoms with Crippen molar-refractivity contribution in [3.8, 4) is 5.75 Å². The van der Waals surface area contributed by atoms with Gasteiger partial charge in [-0.1, -0.05) is 29.8 Å². The lowest BCUT2D eigenvalue weighted by Crippen LogP contribution is -2.46. The molecule has 0 aliphatic carbocycles. The number of carbonyl (C=O) groups is 1. The first-order valence-electron chi connectivity index (χ1n) is 8.71. The van der Waals surface area contributed by atoms with Gasteiger partial charge in [0.05, 0.1) is 30.0 Å². The molecule has 2 aromatic rings. The standard InChI is InChI=1S/C20H17ClF3N3O2S/c1-10-16(18(28)26-14-8-7-11(21)9-15(14)29-2)17(27-19(30)25-10)12-5-3-4-6-13(12)20(22,23)24/h3-9,17H,1-2H3,(H,26,28)(H2,25,27,30). The average molecular weight is 456 g/mol. The fourth-order valence-corrected chi connectivity index (χ4v) is 3.63. The minimum Gasteiger partial charge on any atom is -0.495 e. The highest BCUT2D eigenvalue weighted by Gasteiger charge is 2.39. The van der Waals surface area contributed by atoms with Gasteiger partial charge in [0.2, 0.25) is 0 Å². The number of methoxy groups -OCH3 is 1. The van der Waals surface area contributed by atoms with Crippen molar-refractivity contribution in [2.45, 2.75) is 19.1 Å². The maximum absolute atomic E-state index is 13.6. The van der Waals surface area contributed by atoms with Crippen molar-refractivity contribution >= 4 is 40.5 Å². The third-order valence-corrected chi connectivity index (χ3v) is 4.96. The van der Waals surface area contributed by atoms with Crippen LogP contribution in [0.3, 0.4) is 0 Å². The van der Waals surface area contributed by atoms with Crippen molar-refractivity contribution in [1.82, 2.24) is 10.6 Å². The minimum absolute atomic E-state index is 0.0669. The lowest BCUT2D eigenvalue weighted by atomic mass is 9.91. The van der Waals surface area contributed by atoms with E-state index in [0.29, 0.717) is 22.2 Å². The summed E-state index contributed by atoms with van der Waals surface area (Å²) in [6.45, 7) is 1.57. The van der Waals surface area contributed by atoms with Crippen molar-refractivity contribution in [3.05, 3.63) is 69.9 Å². The molecule has 1 heterocycles. The fourth-order valence-electron chi connectivity index (χ4n) is 3.19. The smallest absolute Gasteiger partial charge is 0.416 e. The van der Waals surface area contributed by atoms with Crippen LogP contribution >= 0.6 is 23.8 Å². The van der Waals surface area contributed by atoms with Gasteiger partial charge in [-0.25, -0.2) is 0 Å². The zero-order chi connectivity index (χ0) is 22.1. The highest BCUT2D eigenvalue weighted by atomic mass is 35.5. The van der Waals surface area contributed by atoms with E-state index >= 15 is 0 Å². The molecule has 2 aromatic carbocycles. The lowest BCUT2D eigenvalue weighted by Gasteiger charge is -2.32. The molecule has 0 aromatic heterocycles. The summed E-state index contributed by atoms with van der Waals surface area (Å²) in [5, 5.41) is 8.78. The minimum atomic E-state index is -4.60. The average Bonchev–Trinajstić information content (AvgIpc) is 2.67. The first-order chi connectivity index (χ1) is 14.1. The van der Waals surface area contributed by atoms with Crippen molar-refractivity contribution in [2.24, 2.45) is 0 Å². The van der Waals surface area contributed by atoms with Gasteiger partial charge in [-0.05, 0) is 42.9 Å². The van der Waals surface area contributed by atoms with E-state index in [2.05, 4.69) is 16.0 Å². The van der Waals surface area contributed by atoms with Gasteiger partial charge < -0.3 is 20.7 Å². The molecule has 3 rings (SSSR count). The Labute approximate surface area is 181 Å². The Morgan fingerprint density at radius 3 is 2.60 bits per heavy atom. The molecule has 0 saturated carbocycles. The predicted molar refractivity (Wildman–Crippen MR) is 112 cm³/mol. The Kier molecular flexibility index (Phi) is 6.23. The molecule has 158 valence electrons. The van der Waals surface area contributed by atoms with Gasteiger partial charge in [0.25, 0.3) is 5.91 Å². The van der Waals surface area contributed by atoms with Crippen LogP contribution in [0, 0.1) is 0 Å². The summed E-state index contributed by atoms with van der Waals surface area (Å²) in [6.07, 6.45) is -4.60. The number of thiocarbonyl (C=S) groups is 1. The van der Waals surface area contributed by atoms with Gasteiger partial charge >= 0.3 is 6.18 Å². The van der Waals surface area contributed by atoms with Crippen LogP contribution in [0.2, 0.25) is 5.02 Å². The van der Waals surface area contributed by atoms with Crippen LogP contribution in [0.5, 0.6) is 5.75 Å². The molecule has 1 atom stereocenters. The molecule has 0 fully saturated rings. The second kappa shape index (κ2) is 8.53. The first-order valence-corrected chi connectivity index (χ1v) is 9.49. The Balaban J connectivity index is 2.05. The number of nitrogens with one attached hydrogen (secondary N) is 3. The number of hydrogen-bond acceptors (Lipinski definition) is 3. The van der Waals surface area contributed by atoms with Gasteiger partial charge in [-0.15, -0.1) is 0 Å². The highest BCUT2D eigenvalue weighted by molar-refractivity contribution is 7.80. The first kappa shape index (κ1) is 21.9. The number of rotatable bonds is 4. The molecule has 1 aliphatic heterocycles. The monoisotopic (exact) mass is 455 g/mol. The van der Waals surface area contributed by atoms with E-state index in [0.717, 1.165) is 6.07 Å². The molecular formula is C20H17ClF3N3O2S. The van der Waals surface area contributed by atoms with E-state index in [-0.39, 0.29) is 16.2 Å². The van der Waals surface area contributed by atoms with Gasteiger partial charge in [0.1, 0.15) is 5.75 Å². The molecule has 5 nitrogen and oxygen atoms in total. The van der Waals surface area contributed by atoms with Crippen LogP contribution in [-0.4, -0.2) is 18.1 Å². The largest absolute Gasteiger partial charge is 0.495 e. The Bertz CT molecular complexity index is 1040. The van der Waals surface area contributed by atoms with Crippen molar-refractivity contribution in [1.29, 1.82) is 0 Å². The van der Waals surface area contributed by atoms with Crippen LogP contribution in [-0.2, 0) is 11.0 Å². The number of hydrogen-bond donors (Lipinski definition) is 3. The van der Waals surface area contributed by atoms with Gasteiger partial charge in [-0.3, -0.25) is 4.79 Å². The summed E-state index contributed by atoms with van der Waals surface area (Å²) in [4.78, 5) is 13.1. The molecular weight excluding hydrogens is 439 g/mol. The fraction of sp³-hybridized carbons (Fsp3) is 0.200. The lowest BCUT2D eigenvalue weighted by molar-refractivity contribution is -0.138. The van der Waals surface area contributed by atoms with E-state index in [9.17, 15) is 18.0 Å². The van der Waals surface area contributed by atoms with Crippen molar-refractivity contribution in [3.63, 3.8) is 0 Å². The molecule has 10 heteroatoms. The van der Waals surface area contributed by atoms with Gasteiger partial charge in [0.15, 0.2) is 5.11 Å². The summed E-state index contributed by atoms with van der Waals surface area (Å²) in [5.74, 6) is -0.300. The zero-order valence-corrected chi connectivity index (χ0v) is 17.4. The molecule has 0 radical (unpaired) electrons. The molecule has 0 spiro atoms. The quantitative estimate of drug-likeness (QED) is 0.578. The topological polar surface area (TPSA) is 62.4 Å². The number of amides is 1. The van der Waals surface area contributed by atoms with E-state index in [4.69, 9.17) is 28.6 Å². The number of allylic oxidation sites excluding steroid dienone is 1. The Hall–Kier alpha value is -2.78. The van der Waals surface area contributed by atoms with Gasteiger partial charge in [0, 0.05) is 16.8 Å². The van der Waals surface area contributed by atoms with E-state index < -0.39 is 23.7 Å². The number of alkyl halides is 3. The summed E-state index contributed by atoms with van der Waals surface area (Å²) in [7, 11) is 1.41. The van der Waals surface area contributed by atoms with Crippen LogP contribution in [0.4, 0.5) is 18.9 Å². The highest BCUT2D eigenvalue weighted by Crippen LogP contribution is 2.38. The molecule has 3 N–H and O–H groups in total. The van der Waals surface area contributed by atoms with Crippen LogP contribution in [0.1, 0.15) is 24.1 Å². The van der Waals surface area contributed by atoms with E-state index in [1.54, 1.807) is 19.1 Å². The van der Waals surface area contributed by atoms with E-state index in [1.165, 1.54) is 31.4 Å². The summed E-state index contributed by atoms with van der Waals surface area (Å²) >= 11 is 11.1. The maximum Gasteiger partial charge on any atom is 0.416 e. The Morgan fingerprint density at radius 2 is 1.93 bits per heavy atom. The molecule has 0 bridgehead atoms.